The summed E-state index contributed by atoms with van der Waals surface area (Å²) in [4.78, 5) is 6.63. The Kier molecular flexibility index (Phi) is 10.1. The Balaban J connectivity index is 1.12. The van der Waals surface area contributed by atoms with Crippen LogP contribution in [0.4, 0.5) is 34.1 Å². The Labute approximate surface area is 302 Å². The predicted octanol–water partition coefficient (Wildman–Crippen LogP) is 8.00. The van der Waals surface area contributed by atoms with Crippen LogP contribution in [0.3, 0.4) is 0 Å². The summed E-state index contributed by atoms with van der Waals surface area (Å²) in [7, 11) is 6.33. The van der Waals surface area contributed by atoms with Crippen LogP contribution in [0, 0.1) is 0 Å². The molecule has 4 aromatic carbocycles. The molecular formula is C45H45N6+3. The third-order valence-corrected chi connectivity index (χ3v) is 9.42. The van der Waals surface area contributed by atoms with Gasteiger partial charge in [0, 0.05) is 91.3 Å². The van der Waals surface area contributed by atoms with Gasteiger partial charge in [-0.1, -0.05) is 54.6 Å². The molecule has 51 heavy (non-hydrogen) atoms. The van der Waals surface area contributed by atoms with Gasteiger partial charge < -0.3 is 14.7 Å². The predicted molar refractivity (Wildman–Crippen MR) is 207 cm³/mol. The van der Waals surface area contributed by atoms with Gasteiger partial charge in [-0.15, -0.1) is 0 Å². The van der Waals surface area contributed by atoms with Gasteiger partial charge in [-0.05, 0) is 54.6 Å². The highest BCUT2D eigenvalue weighted by atomic mass is 15.1. The largest absolute Gasteiger partial charge is 0.344 e. The molecular weight excluding hydrogens is 625 g/mol. The average Bonchev–Trinajstić information content (AvgIpc) is 3.19. The summed E-state index contributed by atoms with van der Waals surface area (Å²) < 4.78 is 6.77. The normalized spacial score (nSPS) is 10.9. The minimum atomic E-state index is 0.785. The number of hydrogen-bond acceptors (Lipinski definition) is 3. The molecule has 0 aliphatic heterocycles. The first-order valence-corrected chi connectivity index (χ1v) is 17.4. The fraction of sp³-hybridized carbons (Fsp3) is 0.133. The van der Waals surface area contributed by atoms with Crippen molar-refractivity contribution in [2.45, 2.75) is 19.6 Å². The minimum absolute atomic E-state index is 0.785. The maximum atomic E-state index is 2.35. The topological polar surface area (TPSA) is 21.4 Å². The second kappa shape index (κ2) is 15.5. The van der Waals surface area contributed by atoms with Gasteiger partial charge in [0.25, 0.3) is 0 Å². The quantitative estimate of drug-likeness (QED) is 0.123. The van der Waals surface area contributed by atoms with Crippen LogP contribution in [-0.2, 0) is 19.6 Å². The van der Waals surface area contributed by atoms with Crippen molar-refractivity contribution in [3.63, 3.8) is 0 Å². The zero-order chi connectivity index (χ0) is 35.0. The highest BCUT2D eigenvalue weighted by Crippen LogP contribution is 2.24. The van der Waals surface area contributed by atoms with Crippen LogP contribution >= 0.6 is 0 Å². The van der Waals surface area contributed by atoms with Crippen LogP contribution in [0.25, 0.3) is 0 Å². The van der Waals surface area contributed by atoms with Crippen molar-refractivity contribution in [2.24, 2.45) is 0 Å². The van der Waals surface area contributed by atoms with Crippen LogP contribution in [0.15, 0.2) is 183 Å². The molecule has 6 nitrogen and oxygen atoms in total. The van der Waals surface area contributed by atoms with Gasteiger partial charge in [0.05, 0.1) is 17.1 Å². The molecule has 7 rings (SSSR count). The monoisotopic (exact) mass is 669 g/mol. The first-order chi connectivity index (χ1) is 25.0. The number of benzene rings is 4. The fourth-order valence-corrected chi connectivity index (χ4v) is 6.48. The molecule has 252 valence electrons. The van der Waals surface area contributed by atoms with Crippen LogP contribution in [-0.4, -0.2) is 21.1 Å². The van der Waals surface area contributed by atoms with Gasteiger partial charge in [-0.25, -0.2) is 13.7 Å². The van der Waals surface area contributed by atoms with E-state index in [0.29, 0.717) is 0 Å². The molecule has 0 amide bonds. The van der Waals surface area contributed by atoms with Gasteiger partial charge in [0.2, 0.25) is 0 Å². The molecule has 0 aliphatic carbocycles. The Bertz CT molecular complexity index is 1870. The van der Waals surface area contributed by atoms with Crippen molar-refractivity contribution >= 4 is 34.1 Å². The lowest BCUT2D eigenvalue weighted by molar-refractivity contribution is -0.690. The van der Waals surface area contributed by atoms with E-state index in [1.54, 1.807) is 0 Å². The molecule has 0 saturated carbocycles. The molecule has 7 aromatic rings. The van der Waals surface area contributed by atoms with Crippen LogP contribution in [0.1, 0.15) is 16.7 Å². The molecule has 0 spiro atoms. The average molecular weight is 670 g/mol. The molecule has 0 atom stereocenters. The Morgan fingerprint density at radius 2 is 0.529 bits per heavy atom. The summed E-state index contributed by atoms with van der Waals surface area (Å²) in [5.41, 5.74) is 10.8. The standard InChI is InChI=1S/C45H45N6/c1-46(40-13-7-4-8-14-40)43-19-25-49(26-20-43)34-37-31-38(35-50-27-21-44(22-28-50)47(2)41-15-9-5-10-16-41)33-39(32-37)36-51-29-23-45(24-30-51)48(3)42-17-11-6-12-18-42/h4-33H,34-36H2,1-3H3/q+3. The van der Waals surface area contributed by atoms with E-state index in [4.69, 9.17) is 0 Å². The molecule has 3 heterocycles. The van der Waals surface area contributed by atoms with Crippen molar-refractivity contribution in [1.29, 1.82) is 0 Å². The lowest BCUT2D eigenvalue weighted by atomic mass is 10.0. The van der Waals surface area contributed by atoms with Crippen molar-refractivity contribution < 1.29 is 13.7 Å². The van der Waals surface area contributed by atoms with E-state index in [1.165, 1.54) is 33.8 Å². The maximum absolute atomic E-state index is 2.35. The number of pyridine rings is 3. The molecule has 0 N–H and O–H groups in total. The fourth-order valence-electron chi connectivity index (χ4n) is 6.48. The van der Waals surface area contributed by atoms with E-state index in [0.717, 1.165) is 36.7 Å². The summed E-state index contributed by atoms with van der Waals surface area (Å²) >= 11 is 0. The molecule has 0 aliphatic rings. The number of aromatic nitrogens is 3. The second-order valence-corrected chi connectivity index (χ2v) is 13.0. The highest BCUT2D eigenvalue weighted by molar-refractivity contribution is 5.63. The zero-order valence-electron chi connectivity index (χ0n) is 29.6. The SMILES string of the molecule is CN(c1ccccc1)c1cc[n+](Cc2cc(C[n+]3ccc(N(C)c4ccccc4)cc3)cc(C[n+]3ccc(N(C)c4ccccc4)cc3)c2)cc1. The van der Waals surface area contributed by atoms with E-state index in [-0.39, 0.29) is 0 Å². The molecule has 0 fully saturated rings. The molecule has 3 aromatic heterocycles. The Hall–Kier alpha value is -6.27. The summed E-state index contributed by atoms with van der Waals surface area (Å²) in [6.45, 7) is 2.35. The Morgan fingerprint density at radius 1 is 0.314 bits per heavy atom. The summed E-state index contributed by atoms with van der Waals surface area (Å²) in [5, 5.41) is 0. The van der Waals surface area contributed by atoms with E-state index < -0.39 is 0 Å². The van der Waals surface area contributed by atoms with Gasteiger partial charge in [0.15, 0.2) is 56.8 Å². The number of para-hydroxylation sites is 3. The van der Waals surface area contributed by atoms with E-state index in [9.17, 15) is 0 Å². The lowest BCUT2D eigenvalue weighted by Crippen LogP contribution is -2.36. The van der Waals surface area contributed by atoms with Gasteiger partial charge in [-0.3, -0.25) is 0 Å². The number of nitrogens with zero attached hydrogens (tertiary/aromatic N) is 6. The van der Waals surface area contributed by atoms with Crippen molar-refractivity contribution in [1.82, 2.24) is 0 Å². The summed E-state index contributed by atoms with van der Waals surface area (Å²) in [6, 6.07) is 51.6. The van der Waals surface area contributed by atoms with Gasteiger partial charge >= 0.3 is 0 Å². The smallest absolute Gasteiger partial charge is 0.173 e. The third kappa shape index (κ3) is 8.31. The summed E-state index contributed by atoms with van der Waals surface area (Å²) in [6.07, 6.45) is 13.1. The molecule has 0 bridgehead atoms. The molecule has 0 radical (unpaired) electrons. The number of anilines is 6. The number of hydrogen-bond donors (Lipinski definition) is 0. The second-order valence-electron chi connectivity index (χ2n) is 13.0. The van der Waals surface area contributed by atoms with Crippen LogP contribution in [0.5, 0.6) is 0 Å². The third-order valence-electron chi connectivity index (χ3n) is 9.42. The van der Waals surface area contributed by atoms with E-state index in [2.05, 4.69) is 232 Å². The summed E-state index contributed by atoms with van der Waals surface area (Å²) in [5.74, 6) is 0. The zero-order valence-corrected chi connectivity index (χ0v) is 29.6. The molecule has 6 heteroatoms. The first kappa shape index (κ1) is 33.2. The number of rotatable bonds is 12. The maximum Gasteiger partial charge on any atom is 0.173 e. The van der Waals surface area contributed by atoms with E-state index >= 15 is 0 Å². The minimum Gasteiger partial charge on any atom is -0.344 e. The van der Waals surface area contributed by atoms with E-state index in [1.807, 2.05) is 0 Å². The van der Waals surface area contributed by atoms with Crippen LogP contribution in [0.2, 0.25) is 0 Å². The van der Waals surface area contributed by atoms with Crippen molar-refractivity contribution in [2.75, 3.05) is 35.8 Å². The van der Waals surface area contributed by atoms with Gasteiger partial charge in [0.1, 0.15) is 0 Å². The highest BCUT2D eigenvalue weighted by Gasteiger charge is 2.15. The Morgan fingerprint density at radius 3 is 0.765 bits per heavy atom. The molecule has 0 unspecified atom stereocenters. The lowest BCUT2D eigenvalue weighted by Gasteiger charge is -2.18. The van der Waals surface area contributed by atoms with Crippen LogP contribution < -0.4 is 28.4 Å². The van der Waals surface area contributed by atoms with Crippen molar-refractivity contribution in [3.05, 3.63) is 199 Å². The van der Waals surface area contributed by atoms with Crippen molar-refractivity contribution in [3.8, 4) is 0 Å². The first-order valence-electron chi connectivity index (χ1n) is 17.4. The van der Waals surface area contributed by atoms with Gasteiger partial charge in [-0.2, -0.15) is 0 Å². The molecule has 0 saturated heterocycles.